The summed E-state index contributed by atoms with van der Waals surface area (Å²) in [5.74, 6) is -0.0694. The van der Waals surface area contributed by atoms with Gasteiger partial charge in [-0.15, -0.1) is 0 Å². The standard InChI is InChI=1S/C17H23N5O2/c1-20-6-3-13(9-16(20)23)11-22-7-4-14(5-8-22)19-17(24)15-10-18-12-21(15)2/h3,6,9-10,12,14H,4-5,7-8,11H2,1-2H3,(H,19,24). The Morgan fingerprint density at radius 2 is 2.04 bits per heavy atom. The fraction of sp³-hybridized carbons (Fsp3) is 0.471. The number of nitrogens with zero attached hydrogens (tertiary/aromatic N) is 4. The number of aromatic nitrogens is 3. The van der Waals surface area contributed by atoms with Crippen molar-refractivity contribution in [3.8, 4) is 0 Å². The summed E-state index contributed by atoms with van der Waals surface area (Å²) in [4.78, 5) is 30.2. The average molecular weight is 329 g/mol. The van der Waals surface area contributed by atoms with Gasteiger partial charge in [0.1, 0.15) is 5.69 Å². The highest BCUT2D eigenvalue weighted by molar-refractivity contribution is 5.92. The first kappa shape index (κ1) is 16.4. The van der Waals surface area contributed by atoms with Gasteiger partial charge in [0, 0.05) is 52.0 Å². The van der Waals surface area contributed by atoms with Crippen molar-refractivity contribution in [2.45, 2.75) is 25.4 Å². The summed E-state index contributed by atoms with van der Waals surface area (Å²) in [6.07, 6.45) is 6.84. The van der Waals surface area contributed by atoms with Crippen molar-refractivity contribution >= 4 is 5.91 Å². The number of piperidine rings is 1. The highest BCUT2D eigenvalue weighted by atomic mass is 16.2. The Hall–Kier alpha value is -2.41. The van der Waals surface area contributed by atoms with Gasteiger partial charge < -0.3 is 14.5 Å². The maximum absolute atomic E-state index is 12.2. The van der Waals surface area contributed by atoms with Crippen LogP contribution in [0.5, 0.6) is 0 Å². The third kappa shape index (κ3) is 3.73. The second-order valence-electron chi connectivity index (χ2n) is 6.40. The molecule has 0 aromatic carbocycles. The molecule has 0 bridgehead atoms. The molecule has 2 aromatic rings. The van der Waals surface area contributed by atoms with Crippen LogP contribution in [-0.4, -0.2) is 44.1 Å². The average Bonchev–Trinajstić information content (AvgIpc) is 2.99. The van der Waals surface area contributed by atoms with Gasteiger partial charge >= 0.3 is 0 Å². The van der Waals surface area contributed by atoms with Crippen molar-refractivity contribution in [3.63, 3.8) is 0 Å². The molecule has 3 heterocycles. The third-order valence-corrected chi connectivity index (χ3v) is 4.55. The quantitative estimate of drug-likeness (QED) is 0.887. The maximum Gasteiger partial charge on any atom is 0.269 e. The number of hydrogen-bond donors (Lipinski definition) is 1. The van der Waals surface area contributed by atoms with Crippen molar-refractivity contribution in [2.75, 3.05) is 13.1 Å². The molecule has 0 radical (unpaired) electrons. The summed E-state index contributed by atoms with van der Waals surface area (Å²) < 4.78 is 3.30. The normalized spacial score (nSPS) is 16.2. The Kier molecular flexibility index (Phi) is 4.80. The molecule has 0 atom stereocenters. The summed E-state index contributed by atoms with van der Waals surface area (Å²) >= 11 is 0. The van der Waals surface area contributed by atoms with E-state index in [-0.39, 0.29) is 17.5 Å². The number of amides is 1. The van der Waals surface area contributed by atoms with Crippen molar-refractivity contribution in [2.24, 2.45) is 14.1 Å². The molecule has 0 unspecified atom stereocenters. The molecule has 3 rings (SSSR count). The molecule has 1 amide bonds. The lowest BCUT2D eigenvalue weighted by Crippen LogP contribution is -2.44. The number of likely N-dealkylation sites (tertiary alicyclic amines) is 1. The predicted octanol–water partition coefficient (Wildman–Crippen LogP) is 0.513. The topological polar surface area (TPSA) is 72.2 Å². The second-order valence-corrected chi connectivity index (χ2v) is 6.40. The summed E-state index contributed by atoms with van der Waals surface area (Å²) in [6, 6.07) is 3.86. The van der Waals surface area contributed by atoms with Gasteiger partial charge in [-0.3, -0.25) is 14.5 Å². The number of aryl methyl sites for hydroxylation is 2. The van der Waals surface area contributed by atoms with Crippen LogP contribution >= 0.6 is 0 Å². The zero-order chi connectivity index (χ0) is 17.1. The fourth-order valence-electron chi connectivity index (χ4n) is 3.02. The molecule has 1 saturated heterocycles. The Morgan fingerprint density at radius 1 is 1.29 bits per heavy atom. The van der Waals surface area contributed by atoms with Crippen LogP contribution in [0.3, 0.4) is 0 Å². The number of carbonyl (C=O) groups is 1. The Bertz CT molecular complexity index is 771. The van der Waals surface area contributed by atoms with Crippen molar-refractivity contribution < 1.29 is 4.79 Å². The number of rotatable bonds is 4. The van der Waals surface area contributed by atoms with E-state index < -0.39 is 0 Å². The molecule has 1 N–H and O–H groups in total. The second kappa shape index (κ2) is 7.00. The number of carbonyl (C=O) groups excluding carboxylic acids is 1. The molecule has 7 heteroatoms. The lowest BCUT2D eigenvalue weighted by Gasteiger charge is -2.32. The van der Waals surface area contributed by atoms with Crippen LogP contribution in [0.25, 0.3) is 0 Å². The van der Waals surface area contributed by atoms with Gasteiger partial charge in [0.15, 0.2) is 0 Å². The molecule has 2 aromatic heterocycles. The summed E-state index contributed by atoms with van der Waals surface area (Å²) in [5, 5.41) is 3.08. The van der Waals surface area contributed by atoms with E-state index >= 15 is 0 Å². The lowest BCUT2D eigenvalue weighted by molar-refractivity contribution is 0.0900. The monoisotopic (exact) mass is 329 g/mol. The third-order valence-electron chi connectivity index (χ3n) is 4.55. The smallest absolute Gasteiger partial charge is 0.269 e. The van der Waals surface area contributed by atoms with E-state index in [1.54, 1.807) is 41.0 Å². The first-order valence-corrected chi connectivity index (χ1v) is 8.18. The van der Waals surface area contributed by atoms with Crippen LogP contribution in [-0.2, 0) is 20.6 Å². The molecular formula is C17H23N5O2. The van der Waals surface area contributed by atoms with E-state index in [9.17, 15) is 9.59 Å². The van der Waals surface area contributed by atoms with Gasteiger partial charge in [-0.05, 0) is 24.5 Å². The van der Waals surface area contributed by atoms with Crippen LogP contribution in [0.2, 0.25) is 0 Å². The zero-order valence-electron chi connectivity index (χ0n) is 14.1. The maximum atomic E-state index is 12.2. The molecule has 1 aliphatic heterocycles. The molecule has 7 nitrogen and oxygen atoms in total. The van der Waals surface area contributed by atoms with Gasteiger partial charge in [-0.2, -0.15) is 0 Å². The van der Waals surface area contributed by atoms with Crippen LogP contribution in [0.1, 0.15) is 28.9 Å². The summed E-state index contributed by atoms with van der Waals surface area (Å²) in [5.41, 5.74) is 1.64. The van der Waals surface area contributed by atoms with Crippen molar-refractivity contribution in [3.05, 3.63) is 52.5 Å². The van der Waals surface area contributed by atoms with E-state index in [1.807, 2.05) is 13.1 Å². The van der Waals surface area contributed by atoms with Gasteiger partial charge in [-0.1, -0.05) is 0 Å². The van der Waals surface area contributed by atoms with Gasteiger partial charge in [0.2, 0.25) is 0 Å². The van der Waals surface area contributed by atoms with Crippen LogP contribution in [0.4, 0.5) is 0 Å². The van der Waals surface area contributed by atoms with Gasteiger partial charge in [0.05, 0.1) is 12.5 Å². The molecule has 24 heavy (non-hydrogen) atoms. The molecule has 128 valence electrons. The predicted molar refractivity (Wildman–Crippen MR) is 90.7 cm³/mol. The highest BCUT2D eigenvalue weighted by Crippen LogP contribution is 2.14. The molecular weight excluding hydrogens is 306 g/mol. The molecule has 0 spiro atoms. The SMILES string of the molecule is Cn1cncc1C(=O)NC1CCN(Cc2ccn(C)c(=O)c2)CC1. The van der Waals surface area contributed by atoms with E-state index in [0.717, 1.165) is 38.0 Å². The van der Waals surface area contributed by atoms with E-state index in [4.69, 9.17) is 0 Å². The van der Waals surface area contributed by atoms with E-state index in [2.05, 4.69) is 15.2 Å². The minimum absolute atomic E-state index is 0.0193. The first-order valence-electron chi connectivity index (χ1n) is 8.18. The summed E-state index contributed by atoms with van der Waals surface area (Å²) in [7, 11) is 3.57. The van der Waals surface area contributed by atoms with Crippen molar-refractivity contribution in [1.82, 2.24) is 24.3 Å². The number of nitrogens with one attached hydrogen (secondary N) is 1. The van der Waals surface area contributed by atoms with Gasteiger partial charge in [0.25, 0.3) is 11.5 Å². The largest absolute Gasteiger partial charge is 0.348 e. The van der Waals surface area contributed by atoms with Crippen molar-refractivity contribution in [1.29, 1.82) is 0 Å². The number of imidazole rings is 1. The van der Waals surface area contributed by atoms with Gasteiger partial charge in [-0.25, -0.2) is 4.98 Å². The van der Waals surface area contributed by atoms with Crippen LogP contribution < -0.4 is 10.9 Å². The fourth-order valence-corrected chi connectivity index (χ4v) is 3.02. The molecule has 0 aliphatic carbocycles. The molecule has 1 fully saturated rings. The zero-order valence-corrected chi connectivity index (χ0v) is 14.1. The Labute approximate surface area is 140 Å². The molecule has 1 aliphatic rings. The number of hydrogen-bond acceptors (Lipinski definition) is 4. The van der Waals surface area contributed by atoms with E-state index in [0.29, 0.717) is 5.69 Å². The minimum atomic E-state index is -0.0694. The lowest BCUT2D eigenvalue weighted by atomic mass is 10.0. The Morgan fingerprint density at radius 3 is 2.67 bits per heavy atom. The Balaban J connectivity index is 1.50. The van der Waals surface area contributed by atoms with E-state index in [1.165, 1.54) is 0 Å². The van der Waals surface area contributed by atoms with Crippen LogP contribution in [0, 0.1) is 0 Å². The molecule has 0 saturated carbocycles. The number of pyridine rings is 1. The summed E-state index contributed by atoms with van der Waals surface area (Å²) in [6.45, 7) is 2.59. The first-order chi connectivity index (χ1) is 11.5. The minimum Gasteiger partial charge on any atom is -0.348 e. The van der Waals surface area contributed by atoms with Crippen LogP contribution in [0.15, 0.2) is 35.6 Å². The highest BCUT2D eigenvalue weighted by Gasteiger charge is 2.22.